The van der Waals surface area contributed by atoms with Gasteiger partial charge in [-0.1, -0.05) is 26.2 Å². The Hall–Kier alpha value is -0.0400. The summed E-state index contributed by atoms with van der Waals surface area (Å²) in [6.07, 6.45) is 10.4. The summed E-state index contributed by atoms with van der Waals surface area (Å²) in [7, 11) is 0. The number of hydrogen-bond donors (Lipinski definition) is 1. The van der Waals surface area contributed by atoms with E-state index in [9.17, 15) is 0 Å². The molecule has 3 rings (SSSR count). The molecule has 1 nitrogen and oxygen atoms in total. The highest BCUT2D eigenvalue weighted by molar-refractivity contribution is 5.00. The molecule has 5 atom stereocenters. The standard InChI is InChI=1S/C13H23N/c1-9-4-2-6-12(9)14-13-7-3-5-10-8-11(10)13/h9-14H,2-8H2,1H3. The predicted molar refractivity (Wildman–Crippen MR) is 59.2 cm³/mol. The molecule has 0 heterocycles. The van der Waals surface area contributed by atoms with E-state index >= 15 is 0 Å². The third kappa shape index (κ3) is 1.60. The Balaban J connectivity index is 1.56. The highest BCUT2D eigenvalue weighted by atomic mass is 15.0. The van der Waals surface area contributed by atoms with Gasteiger partial charge in [-0.3, -0.25) is 0 Å². The van der Waals surface area contributed by atoms with Crippen molar-refractivity contribution in [2.24, 2.45) is 17.8 Å². The molecule has 0 saturated heterocycles. The largest absolute Gasteiger partial charge is 0.311 e. The molecule has 1 N–H and O–H groups in total. The van der Waals surface area contributed by atoms with Gasteiger partial charge in [-0.25, -0.2) is 0 Å². The van der Waals surface area contributed by atoms with Crippen LogP contribution in [0.5, 0.6) is 0 Å². The SMILES string of the molecule is CC1CCCC1NC1CCCC2CC21. The Labute approximate surface area is 87.7 Å². The van der Waals surface area contributed by atoms with Crippen molar-refractivity contribution >= 4 is 0 Å². The molecule has 0 radical (unpaired) electrons. The van der Waals surface area contributed by atoms with Crippen molar-refractivity contribution in [3.05, 3.63) is 0 Å². The predicted octanol–water partition coefficient (Wildman–Crippen LogP) is 2.95. The summed E-state index contributed by atoms with van der Waals surface area (Å²) in [5, 5.41) is 3.96. The lowest BCUT2D eigenvalue weighted by Crippen LogP contribution is -2.42. The third-order valence-electron chi connectivity index (χ3n) is 4.87. The fraction of sp³-hybridized carbons (Fsp3) is 1.00. The zero-order valence-corrected chi connectivity index (χ0v) is 9.34. The summed E-state index contributed by atoms with van der Waals surface area (Å²) in [6.45, 7) is 2.43. The van der Waals surface area contributed by atoms with Gasteiger partial charge in [-0.2, -0.15) is 0 Å². The summed E-state index contributed by atoms with van der Waals surface area (Å²) in [4.78, 5) is 0. The van der Waals surface area contributed by atoms with Gasteiger partial charge in [0.15, 0.2) is 0 Å². The van der Waals surface area contributed by atoms with Crippen LogP contribution in [0.2, 0.25) is 0 Å². The Kier molecular flexibility index (Phi) is 2.31. The lowest BCUT2D eigenvalue weighted by molar-refractivity contribution is 0.295. The number of nitrogens with one attached hydrogen (secondary N) is 1. The van der Waals surface area contributed by atoms with Crippen LogP contribution in [0.3, 0.4) is 0 Å². The average molecular weight is 193 g/mol. The topological polar surface area (TPSA) is 12.0 Å². The first kappa shape index (κ1) is 9.21. The molecule has 3 fully saturated rings. The Morgan fingerprint density at radius 3 is 2.50 bits per heavy atom. The zero-order valence-electron chi connectivity index (χ0n) is 9.34. The van der Waals surface area contributed by atoms with E-state index in [4.69, 9.17) is 0 Å². The molecule has 0 aromatic rings. The Bertz CT molecular complexity index is 213. The third-order valence-corrected chi connectivity index (χ3v) is 4.87. The van der Waals surface area contributed by atoms with E-state index in [0.29, 0.717) is 0 Å². The summed E-state index contributed by atoms with van der Waals surface area (Å²) < 4.78 is 0. The second kappa shape index (κ2) is 3.52. The van der Waals surface area contributed by atoms with Crippen LogP contribution in [0.25, 0.3) is 0 Å². The van der Waals surface area contributed by atoms with Gasteiger partial charge < -0.3 is 5.32 Å². The summed E-state index contributed by atoms with van der Waals surface area (Å²) in [5.74, 6) is 3.14. The molecule has 3 aliphatic rings. The summed E-state index contributed by atoms with van der Waals surface area (Å²) >= 11 is 0. The normalized spacial score (nSPS) is 51.6. The average Bonchev–Trinajstić information content (AvgIpc) is 2.87. The van der Waals surface area contributed by atoms with E-state index in [1.165, 1.54) is 38.5 Å². The monoisotopic (exact) mass is 193 g/mol. The molecule has 0 amide bonds. The molecule has 3 saturated carbocycles. The minimum atomic E-state index is 0.861. The zero-order chi connectivity index (χ0) is 9.54. The quantitative estimate of drug-likeness (QED) is 0.711. The molecule has 0 spiro atoms. The molecule has 5 unspecified atom stereocenters. The minimum absolute atomic E-state index is 0.861. The van der Waals surface area contributed by atoms with Gasteiger partial charge in [-0.05, 0) is 43.4 Å². The first-order chi connectivity index (χ1) is 6.84. The molecular weight excluding hydrogens is 170 g/mol. The van der Waals surface area contributed by atoms with Gasteiger partial charge in [0.2, 0.25) is 0 Å². The van der Waals surface area contributed by atoms with Crippen LogP contribution < -0.4 is 5.32 Å². The maximum atomic E-state index is 3.96. The van der Waals surface area contributed by atoms with Crippen LogP contribution in [0.4, 0.5) is 0 Å². The maximum absolute atomic E-state index is 3.96. The van der Waals surface area contributed by atoms with E-state index in [0.717, 1.165) is 29.8 Å². The Morgan fingerprint density at radius 2 is 1.71 bits per heavy atom. The fourth-order valence-electron chi connectivity index (χ4n) is 3.78. The summed E-state index contributed by atoms with van der Waals surface area (Å²) in [6, 6.07) is 1.76. The van der Waals surface area contributed by atoms with E-state index in [-0.39, 0.29) is 0 Å². The molecule has 0 aliphatic heterocycles. The molecule has 0 aromatic carbocycles. The van der Waals surface area contributed by atoms with Crippen LogP contribution in [0, 0.1) is 17.8 Å². The van der Waals surface area contributed by atoms with Crippen LogP contribution >= 0.6 is 0 Å². The van der Waals surface area contributed by atoms with E-state index < -0.39 is 0 Å². The van der Waals surface area contributed by atoms with E-state index in [1.54, 1.807) is 6.42 Å². The molecule has 80 valence electrons. The summed E-state index contributed by atoms with van der Waals surface area (Å²) in [5.41, 5.74) is 0. The maximum Gasteiger partial charge on any atom is 0.0101 e. The van der Waals surface area contributed by atoms with Crippen molar-refractivity contribution < 1.29 is 0 Å². The molecular formula is C13H23N. The molecule has 0 bridgehead atoms. The minimum Gasteiger partial charge on any atom is -0.311 e. The van der Waals surface area contributed by atoms with E-state index in [1.807, 2.05) is 0 Å². The number of rotatable bonds is 2. The lowest BCUT2D eigenvalue weighted by atomic mass is 9.93. The first-order valence-electron chi connectivity index (χ1n) is 6.60. The number of hydrogen-bond acceptors (Lipinski definition) is 1. The van der Waals surface area contributed by atoms with Crippen molar-refractivity contribution in [3.8, 4) is 0 Å². The second-order valence-corrected chi connectivity index (χ2v) is 5.88. The molecule has 1 heteroatoms. The Morgan fingerprint density at radius 1 is 0.929 bits per heavy atom. The fourth-order valence-corrected chi connectivity index (χ4v) is 3.78. The van der Waals surface area contributed by atoms with Crippen molar-refractivity contribution in [2.75, 3.05) is 0 Å². The van der Waals surface area contributed by atoms with Crippen molar-refractivity contribution in [2.45, 2.75) is 64.0 Å². The van der Waals surface area contributed by atoms with Crippen molar-refractivity contribution in [1.82, 2.24) is 5.32 Å². The van der Waals surface area contributed by atoms with Gasteiger partial charge in [-0.15, -0.1) is 0 Å². The van der Waals surface area contributed by atoms with Gasteiger partial charge in [0.1, 0.15) is 0 Å². The van der Waals surface area contributed by atoms with E-state index in [2.05, 4.69) is 12.2 Å². The van der Waals surface area contributed by atoms with Gasteiger partial charge >= 0.3 is 0 Å². The smallest absolute Gasteiger partial charge is 0.0101 e. The highest BCUT2D eigenvalue weighted by Gasteiger charge is 2.45. The van der Waals surface area contributed by atoms with Crippen molar-refractivity contribution in [3.63, 3.8) is 0 Å². The molecule has 0 aromatic heterocycles. The second-order valence-electron chi connectivity index (χ2n) is 5.88. The van der Waals surface area contributed by atoms with Crippen LogP contribution in [0.15, 0.2) is 0 Å². The number of fused-ring (bicyclic) bond motifs is 1. The van der Waals surface area contributed by atoms with Gasteiger partial charge in [0, 0.05) is 12.1 Å². The van der Waals surface area contributed by atoms with Crippen LogP contribution in [-0.4, -0.2) is 12.1 Å². The first-order valence-corrected chi connectivity index (χ1v) is 6.60. The van der Waals surface area contributed by atoms with Crippen molar-refractivity contribution in [1.29, 1.82) is 0 Å². The molecule has 14 heavy (non-hydrogen) atoms. The van der Waals surface area contributed by atoms with Crippen LogP contribution in [0.1, 0.15) is 51.9 Å². The van der Waals surface area contributed by atoms with Crippen LogP contribution in [-0.2, 0) is 0 Å². The lowest BCUT2D eigenvalue weighted by Gasteiger charge is -2.28. The highest BCUT2D eigenvalue weighted by Crippen LogP contribution is 2.49. The van der Waals surface area contributed by atoms with Gasteiger partial charge in [0.25, 0.3) is 0 Å². The molecule has 3 aliphatic carbocycles. The van der Waals surface area contributed by atoms with Gasteiger partial charge in [0.05, 0.1) is 0 Å².